The van der Waals surface area contributed by atoms with Crippen LogP contribution in [-0.4, -0.2) is 26.2 Å². The molecule has 2 heterocycles. The monoisotopic (exact) mass is 219 g/mol. The first-order chi connectivity index (χ1) is 7.77. The van der Waals surface area contributed by atoms with Crippen molar-refractivity contribution in [2.24, 2.45) is 0 Å². The van der Waals surface area contributed by atoms with E-state index in [-0.39, 0.29) is 11.5 Å². The molecule has 1 aliphatic carbocycles. The lowest BCUT2D eigenvalue weighted by Crippen LogP contribution is -2.00. The normalized spacial score (nSPS) is 15.2. The molecule has 2 aromatic heterocycles. The van der Waals surface area contributed by atoms with Crippen molar-refractivity contribution in [2.75, 3.05) is 0 Å². The van der Waals surface area contributed by atoms with Gasteiger partial charge in [0.25, 0.3) is 0 Å². The van der Waals surface area contributed by atoms with E-state index in [0.29, 0.717) is 17.1 Å². The molecule has 0 atom stereocenters. The van der Waals surface area contributed by atoms with Crippen molar-refractivity contribution in [1.82, 2.24) is 15.1 Å². The van der Waals surface area contributed by atoms with Gasteiger partial charge in [0, 0.05) is 5.92 Å². The van der Waals surface area contributed by atoms with Crippen LogP contribution in [0.2, 0.25) is 0 Å². The number of aromatic nitrogens is 3. The highest BCUT2D eigenvalue weighted by Gasteiger charge is 2.35. The quantitative estimate of drug-likeness (QED) is 0.818. The number of rotatable bonds is 3. The average Bonchev–Trinajstić information content (AvgIpc) is 2.83. The highest BCUT2D eigenvalue weighted by atomic mass is 16.5. The van der Waals surface area contributed by atoms with E-state index in [4.69, 9.17) is 4.52 Å². The van der Waals surface area contributed by atoms with Gasteiger partial charge in [-0.05, 0) is 12.8 Å². The number of nitrogens with zero attached hydrogens (tertiary/aromatic N) is 2. The maximum atomic E-state index is 11.2. The van der Waals surface area contributed by atoms with Crippen LogP contribution >= 0.6 is 0 Å². The minimum absolute atomic E-state index is 0.159. The lowest BCUT2D eigenvalue weighted by Gasteiger charge is -1.95. The van der Waals surface area contributed by atoms with Crippen LogP contribution in [-0.2, 0) is 0 Å². The van der Waals surface area contributed by atoms with Crippen molar-refractivity contribution in [1.29, 1.82) is 0 Å². The topological polar surface area (TPSA) is 92.0 Å². The summed E-state index contributed by atoms with van der Waals surface area (Å²) in [7, 11) is 0. The van der Waals surface area contributed by atoms with E-state index in [1.165, 1.54) is 12.5 Å². The largest absolute Gasteiger partial charge is 0.477 e. The average molecular weight is 219 g/mol. The Kier molecular flexibility index (Phi) is 1.82. The van der Waals surface area contributed by atoms with Crippen molar-refractivity contribution in [3.05, 3.63) is 23.8 Å². The summed E-state index contributed by atoms with van der Waals surface area (Å²) < 4.78 is 5.13. The number of aromatic carboxylic acids is 1. The van der Waals surface area contributed by atoms with E-state index in [2.05, 4.69) is 15.1 Å². The summed E-state index contributed by atoms with van der Waals surface area (Å²) in [6.07, 6.45) is 4.95. The van der Waals surface area contributed by atoms with E-state index in [0.717, 1.165) is 12.8 Å². The molecule has 0 saturated heterocycles. The molecule has 0 aromatic carbocycles. The molecule has 6 nitrogen and oxygen atoms in total. The second kappa shape index (κ2) is 3.19. The summed E-state index contributed by atoms with van der Waals surface area (Å²) in [6, 6.07) is 0. The molecule has 0 bridgehead atoms. The molecule has 0 spiro atoms. The fourth-order valence-corrected chi connectivity index (χ4v) is 1.70. The molecule has 1 fully saturated rings. The Morgan fingerprint density at radius 1 is 1.56 bits per heavy atom. The molecule has 1 saturated carbocycles. The molecule has 16 heavy (non-hydrogen) atoms. The number of H-pyrrole nitrogens is 1. The van der Waals surface area contributed by atoms with Crippen molar-refractivity contribution in [2.45, 2.75) is 18.8 Å². The fraction of sp³-hybridized carbons (Fsp3) is 0.300. The molecule has 1 aliphatic rings. The van der Waals surface area contributed by atoms with Crippen LogP contribution in [0, 0.1) is 0 Å². The lowest BCUT2D eigenvalue weighted by atomic mass is 10.1. The van der Waals surface area contributed by atoms with Crippen molar-refractivity contribution < 1.29 is 14.4 Å². The minimum atomic E-state index is -1.01. The number of carboxylic acid groups (broad SMARTS) is 1. The van der Waals surface area contributed by atoms with E-state index >= 15 is 0 Å². The summed E-state index contributed by atoms with van der Waals surface area (Å²) in [4.78, 5) is 17.9. The summed E-state index contributed by atoms with van der Waals surface area (Å²) in [5, 5.41) is 13.0. The summed E-state index contributed by atoms with van der Waals surface area (Å²) in [5.74, 6) is -0.305. The maximum absolute atomic E-state index is 11.2. The Morgan fingerprint density at radius 2 is 2.38 bits per heavy atom. The van der Waals surface area contributed by atoms with E-state index < -0.39 is 5.97 Å². The smallest absolute Gasteiger partial charge is 0.341 e. The first kappa shape index (κ1) is 9.14. The third-order valence-corrected chi connectivity index (χ3v) is 2.63. The zero-order valence-electron chi connectivity index (χ0n) is 8.30. The highest BCUT2D eigenvalue weighted by Crippen LogP contribution is 2.43. The molecule has 0 radical (unpaired) electrons. The van der Waals surface area contributed by atoms with Gasteiger partial charge in [0.15, 0.2) is 5.76 Å². The Bertz CT molecular complexity index is 526. The number of carbonyl (C=O) groups is 1. The third kappa shape index (κ3) is 1.30. The Labute approximate surface area is 90.3 Å². The van der Waals surface area contributed by atoms with Gasteiger partial charge >= 0.3 is 5.97 Å². The summed E-state index contributed by atoms with van der Waals surface area (Å²) >= 11 is 0. The van der Waals surface area contributed by atoms with Crippen molar-refractivity contribution in [3.8, 4) is 11.4 Å². The molecule has 2 N–H and O–H groups in total. The first-order valence-electron chi connectivity index (χ1n) is 4.99. The maximum Gasteiger partial charge on any atom is 0.341 e. The van der Waals surface area contributed by atoms with Crippen LogP contribution in [0.5, 0.6) is 0 Å². The standard InChI is InChI=1S/C10H9N3O3/c14-10(15)7-8(6-3-11-4-12-6)13-16-9(7)5-1-2-5/h3-5H,1-2H2,(H,11,12)(H,14,15). The van der Waals surface area contributed by atoms with Gasteiger partial charge in [-0.2, -0.15) is 0 Å². The minimum Gasteiger partial charge on any atom is -0.477 e. The Hall–Kier alpha value is -2.11. The van der Waals surface area contributed by atoms with Crippen LogP contribution < -0.4 is 0 Å². The van der Waals surface area contributed by atoms with Gasteiger partial charge in [0.2, 0.25) is 0 Å². The molecular formula is C10H9N3O3. The second-order valence-corrected chi connectivity index (χ2v) is 3.82. The molecule has 82 valence electrons. The predicted molar refractivity (Wildman–Crippen MR) is 53.0 cm³/mol. The summed E-state index contributed by atoms with van der Waals surface area (Å²) in [5.41, 5.74) is 1.05. The molecule has 6 heteroatoms. The van der Waals surface area contributed by atoms with Gasteiger partial charge in [-0.3, -0.25) is 0 Å². The number of hydrogen-bond acceptors (Lipinski definition) is 4. The van der Waals surface area contributed by atoms with E-state index in [1.54, 1.807) is 0 Å². The van der Waals surface area contributed by atoms with Gasteiger partial charge < -0.3 is 14.6 Å². The SMILES string of the molecule is O=C(O)c1c(-c2cnc[nH]2)noc1C1CC1. The zero-order valence-corrected chi connectivity index (χ0v) is 8.30. The number of hydrogen-bond donors (Lipinski definition) is 2. The van der Waals surface area contributed by atoms with Crippen LogP contribution in [0.4, 0.5) is 0 Å². The van der Waals surface area contributed by atoms with Gasteiger partial charge in [-0.15, -0.1) is 0 Å². The van der Waals surface area contributed by atoms with Crippen LogP contribution in [0.25, 0.3) is 11.4 Å². The number of imidazole rings is 1. The van der Waals surface area contributed by atoms with Gasteiger partial charge in [0.1, 0.15) is 11.3 Å². The number of carboxylic acids is 1. The Balaban J connectivity index is 2.14. The molecule has 0 amide bonds. The molecule has 0 aliphatic heterocycles. The molecule has 2 aromatic rings. The van der Waals surface area contributed by atoms with Gasteiger partial charge in [-0.25, -0.2) is 9.78 Å². The fourth-order valence-electron chi connectivity index (χ4n) is 1.70. The molecule has 0 unspecified atom stereocenters. The van der Waals surface area contributed by atoms with Crippen LogP contribution in [0.1, 0.15) is 34.9 Å². The molecule has 3 rings (SSSR count). The Morgan fingerprint density at radius 3 is 2.94 bits per heavy atom. The van der Waals surface area contributed by atoms with Gasteiger partial charge in [-0.1, -0.05) is 5.16 Å². The molecular weight excluding hydrogens is 210 g/mol. The van der Waals surface area contributed by atoms with Crippen molar-refractivity contribution in [3.63, 3.8) is 0 Å². The predicted octanol–water partition coefficient (Wildman–Crippen LogP) is 1.64. The highest BCUT2D eigenvalue weighted by molar-refractivity contribution is 5.95. The van der Waals surface area contributed by atoms with Crippen LogP contribution in [0.15, 0.2) is 17.0 Å². The third-order valence-electron chi connectivity index (χ3n) is 2.63. The zero-order chi connectivity index (χ0) is 11.1. The van der Waals surface area contributed by atoms with Crippen LogP contribution in [0.3, 0.4) is 0 Å². The first-order valence-corrected chi connectivity index (χ1v) is 4.99. The van der Waals surface area contributed by atoms with Gasteiger partial charge in [0.05, 0.1) is 18.2 Å². The lowest BCUT2D eigenvalue weighted by molar-refractivity contribution is 0.0695. The van der Waals surface area contributed by atoms with E-state index in [9.17, 15) is 9.90 Å². The number of nitrogens with one attached hydrogen (secondary N) is 1. The van der Waals surface area contributed by atoms with E-state index in [1.807, 2.05) is 0 Å². The summed E-state index contributed by atoms with van der Waals surface area (Å²) in [6.45, 7) is 0. The number of aromatic amines is 1. The second-order valence-electron chi connectivity index (χ2n) is 3.82. The van der Waals surface area contributed by atoms with Crippen molar-refractivity contribution >= 4 is 5.97 Å².